The SMILES string of the molecule is COc1ccc(C(CN)N2CCCCC2)cc1OC(F)F. The summed E-state index contributed by atoms with van der Waals surface area (Å²) in [7, 11) is 1.43. The van der Waals surface area contributed by atoms with Gasteiger partial charge in [-0.1, -0.05) is 12.5 Å². The average Bonchev–Trinajstić information content (AvgIpc) is 2.49. The van der Waals surface area contributed by atoms with Crippen molar-refractivity contribution in [2.24, 2.45) is 5.73 Å². The molecule has 0 bridgehead atoms. The first-order valence-corrected chi connectivity index (χ1v) is 7.22. The molecule has 1 heterocycles. The van der Waals surface area contributed by atoms with Gasteiger partial charge < -0.3 is 15.2 Å². The summed E-state index contributed by atoms with van der Waals surface area (Å²) in [5, 5.41) is 0. The zero-order valence-electron chi connectivity index (χ0n) is 12.2. The number of nitrogens with zero attached hydrogens (tertiary/aromatic N) is 1. The number of ether oxygens (including phenoxy) is 2. The lowest BCUT2D eigenvalue weighted by Gasteiger charge is -2.34. The van der Waals surface area contributed by atoms with Crippen LogP contribution in [0.25, 0.3) is 0 Å². The highest BCUT2D eigenvalue weighted by Gasteiger charge is 2.22. The number of halogens is 2. The van der Waals surface area contributed by atoms with Crippen LogP contribution in [-0.4, -0.2) is 38.3 Å². The summed E-state index contributed by atoms with van der Waals surface area (Å²) in [5.74, 6) is 0.355. The number of methoxy groups -OCH3 is 1. The van der Waals surface area contributed by atoms with Crippen molar-refractivity contribution in [3.8, 4) is 11.5 Å². The van der Waals surface area contributed by atoms with Crippen molar-refractivity contribution in [1.29, 1.82) is 0 Å². The van der Waals surface area contributed by atoms with Gasteiger partial charge in [0, 0.05) is 12.6 Å². The zero-order chi connectivity index (χ0) is 15.2. The van der Waals surface area contributed by atoms with E-state index in [2.05, 4.69) is 9.64 Å². The fourth-order valence-electron chi connectivity index (χ4n) is 2.81. The molecular weight excluding hydrogens is 278 g/mol. The van der Waals surface area contributed by atoms with Crippen LogP contribution in [0, 0.1) is 0 Å². The summed E-state index contributed by atoms with van der Waals surface area (Å²) in [4.78, 5) is 2.30. The molecule has 1 fully saturated rings. The quantitative estimate of drug-likeness (QED) is 0.877. The summed E-state index contributed by atoms with van der Waals surface area (Å²) in [6.45, 7) is -0.460. The summed E-state index contributed by atoms with van der Waals surface area (Å²) in [5.41, 5.74) is 6.78. The number of nitrogens with two attached hydrogens (primary N) is 1. The molecule has 1 unspecified atom stereocenters. The molecule has 0 saturated carbocycles. The second-order valence-corrected chi connectivity index (χ2v) is 5.14. The van der Waals surface area contributed by atoms with Crippen LogP contribution in [0.1, 0.15) is 30.9 Å². The monoisotopic (exact) mass is 300 g/mol. The van der Waals surface area contributed by atoms with Crippen molar-refractivity contribution in [2.45, 2.75) is 31.9 Å². The predicted octanol–water partition coefficient (Wildman–Crippen LogP) is 2.78. The Bertz CT molecular complexity index is 451. The van der Waals surface area contributed by atoms with Gasteiger partial charge >= 0.3 is 6.61 Å². The maximum Gasteiger partial charge on any atom is 0.387 e. The van der Waals surface area contributed by atoms with Gasteiger partial charge in [0.05, 0.1) is 7.11 Å². The molecule has 118 valence electrons. The Labute approximate surface area is 123 Å². The molecule has 1 aliphatic rings. The van der Waals surface area contributed by atoms with Gasteiger partial charge in [-0.25, -0.2) is 0 Å². The van der Waals surface area contributed by atoms with E-state index in [1.165, 1.54) is 13.5 Å². The minimum absolute atomic E-state index is 0.0243. The van der Waals surface area contributed by atoms with Gasteiger partial charge in [-0.3, -0.25) is 4.90 Å². The standard InChI is InChI=1S/C15H22F2N2O2/c1-20-13-6-5-11(9-14(13)21-15(16)17)12(10-18)19-7-3-2-4-8-19/h5-6,9,12,15H,2-4,7-8,10,18H2,1H3. The number of likely N-dealkylation sites (tertiary alicyclic amines) is 1. The number of alkyl halides is 2. The second-order valence-electron chi connectivity index (χ2n) is 5.14. The molecule has 21 heavy (non-hydrogen) atoms. The van der Waals surface area contributed by atoms with Crippen molar-refractivity contribution in [1.82, 2.24) is 4.90 Å². The largest absolute Gasteiger partial charge is 0.493 e. The molecule has 0 aliphatic carbocycles. The fraction of sp³-hybridized carbons (Fsp3) is 0.600. The highest BCUT2D eigenvalue weighted by molar-refractivity contribution is 5.44. The average molecular weight is 300 g/mol. The summed E-state index contributed by atoms with van der Waals surface area (Å²) in [6.07, 6.45) is 3.52. The minimum atomic E-state index is -2.87. The van der Waals surface area contributed by atoms with E-state index >= 15 is 0 Å². The van der Waals surface area contributed by atoms with Crippen LogP contribution in [0.2, 0.25) is 0 Å². The highest BCUT2D eigenvalue weighted by Crippen LogP contribution is 2.33. The summed E-state index contributed by atoms with van der Waals surface area (Å²) >= 11 is 0. The lowest BCUT2D eigenvalue weighted by molar-refractivity contribution is -0.0513. The molecule has 2 rings (SSSR count). The third-order valence-corrected chi connectivity index (χ3v) is 3.84. The Morgan fingerprint density at radius 2 is 1.90 bits per heavy atom. The molecule has 1 aliphatic heterocycles. The van der Waals surface area contributed by atoms with Gasteiger partial charge in [0.15, 0.2) is 11.5 Å². The first-order chi connectivity index (χ1) is 10.2. The first kappa shape index (κ1) is 16.0. The van der Waals surface area contributed by atoms with E-state index in [0.717, 1.165) is 31.5 Å². The van der Waals surface area contributed by atoms with Crippen molar-refractivity contribution in [3.63, 3.8) is 0 Å². The van der Waals surface area contributed by atoms with E-state index in [-0.39, 0.29) is 11.8 Å². The Hall–Kier alpha value is -1.40. The molecule has 1 atom stereocenters. The predicted molar refractivity (Wildman–Crippen MR) is 76.8 cm³/mol. The van der Waals surface area contributed by atoms with Gasteiger partial charge in [0.1, 0.15) is 0 Å². The molecule has 1 saturated heterocycles. The Morgan fingerprint density at radius 3 is 2.48 bits per heavy atom. The number of piperidine rings is 1. The van der Waals surface area contributed by atoms with Crippen LogP contribution >= 0.6 is 0 Å². The van der Waals surface area contributed by atoms with Crippen LogP contribution in [0.3, 0.4) is 0 Å². The molecule has 0 radical (unpaired) electrons. The van der Waals surface area contributed by atoms with E-state index in [4.69, 9.17) is 10.5 Å². The third-order valence-electron chi connectivity index (χ3n) is 3.84. The highest BCUT2D eigenvalue weighted by atomic mass is 19.3. The molecule has 0 spiro atoms. The number of hydrogen-bond donors (Lipinski definition) is 1. The van der Waals surface area contributed by atoms with Crippen LogP contribution in [0.5, 0.6) is 11.5 Å². The van der Waals surface area contributed by atoms with Crippen LogP contribution in [0.15, 0.2) is 18.2 Å². The van der Waals surface area contributed by atoms with Crippen LogP contribution in [-0.2, 0) is 0 Å². The smallest absolute Gasteiger partial charge is 0.387 e. The van der Waals surface area contributed by atoms with E-state index in [0.29, 0.717) is 12.3 Å². The van der Waals surface area contributed by atoms with Gasteiger partial charge in [-0.05, 0) is 43.6 Å². The van der Waals surface area contributed by atoms with E-state index in [9.17, 15) is 8.78 Å². The Balaban J connectivity index is 2.23. The maximum atomic E-state index is 12.5. The van der Waals surface area contributed by atoms with E-state index in [1.807, 2.05) is 6.07 Å². The van der Waals surface area contributed by atoms with E-state index in [1.54, 1.807) is 12.1 Å². The Morgan fingerprint density at radius 1 is 1.19 bits per heavy atom. The first-order valence-electron chi connectivity index (χ1n) is 7.22. The second kappa shape index (κ2) is 7.56. The third kappa shape index (κ3) is 4.04. The van der Waals surface area contributed by atoms with Crippen LogP contribution < -0.4 is 15.2 Å². The Kier molecular flexibility index (Phi) is 5.76. The van der Waals surface area contributed by atoms with Gasteiger partial charge in [0.25, 0.3) is 0 Å². The van der Waals surface area contributed by atoms with Crippen molar-refractivity contribution in [3.05, 3.63) is 23.8 Å². The topological polar surface area (TPSA) is 47.7 Å². The van der Waals surface area contributed by atoms with Crippen molar-refractivity contribution in [2.75, 3.05) is 26.7 Å². The molecule has 6 heteroatoms. The maximum absolute atomic E-state index is 12.5. The molecule has 1 aromatic carbocycles. The molecular formula is C15H22F2N2O2. The van der Waals surface area contributed by atoms with Crippen LogP contribution in [0.4, 0.5) is 8.78 Å². The van der Waals surface area contributed by atoms with Gasteiger partial charge in [-0.2, -0.15) is 8.78 Å². The summed E-state index contributed by atoms with van der Waals surface area (Å²) < 4.78 is 34.6. The number of hydrogen-bond acceptors (Lipinski definition) is 4. The summed E-state index contributed by atoms with van der Waals surface area (Å²) in [6, 6.07) is 5.15. The van der Waals surface area contributed by atoms with Crippen molar-refractivity contribution < 1.29 is 18.3 Å². The normalized spacial score (nSPS) is 17.8. The lowest BCUT2D eigenvalue weighted by Crippen LogP contribution is -2.37. The lowest BCUT2D eigenvalue weighted by atomic mass is 10.0. The minimum Gasteiger partial charge on any atom is -0.493 e. The molecule has 0 amide bonds. The van der Waals surface area contributed by atoms with E-state index < -0.39 is 6.61 Å². The van der Waals surface area contributed by atoms with Gasteiger partial charge in [-0.15, -0.1) is 0 Å². The zero-order valence-corrected chi connectivity index (χ0v) is 12.2. The van der Waals surface area contributed by atoms with Crippen molar-refractivity contribution >= 4 is 0 Å². The number of benzene rings is 1. The number of rotatable bonds is 6. The molecule has 0 aromatic heterocycles. The molecule has 4 nitrogen and oxygen atoms in total. The molecule has 2 N–H and O–H groups in total. The molecule has 1 aromatic rings. The van der Waals surface area contributed by atoms with Gasteiger partial charge in [0.2, 0.25) is 0 Å². The fourth-order valence-corrected chi connectivity index (χ4v) is 2.81.